The van der Waals surface area contributed by atoms with E-state index in [0.717, 1.165) is 18.8 Å². The highest BCUT2D eigenvalue weighted by Crippen LogP contribution is 2.42. The van der Waals surface area contributed by atoms with E-state index in [4.69, 9.17) is 4.74 Å². The summed E-state index contributed by atoms with van der Waals surface area (Å²) in [5, 5.41) is 0. The summed E-state index contributed by atoms with van der Waals surface area (Å²) in [5.41, 5.74) is 4.31. The fraction of sp³-hybridized carbons (Fsp3) is 0.750. The molecule has 0 aromatic heterocycles. The molecule has 0 aliphatic heterocycles. The molecule has 0 saturated carbocycles. The van der Waals surface area contributed by atoms with Gasteiger partial charge >= 0.3 is 0 Å². The van der Waals surface area contributed by atoms with Gasteiger partial charge in [-0.05, 0) is 28.7 Å². The average molecular weight is 347 g/mol. The molecule has 0 aliphatic rings. The van der Waals surface area contributed by atoms with Gasteiger partial charge in [0.2, 0.25) is 0 Å². The van der Waals surface area contributed by atoms with Gasteiger partial charge in [-0.3, -0.25) is 0 Å². The van der Waals surface area contributed by atoms with Crippen LogP contribution in [0.5, 0.6) is 5.75 Å². The fourth-order valence-corrected chi connectivity index (χ4v) is 3.13. The Labute approximate surface area is 157 Å². The standard InChI is InChI=1S/C24H42O/c1-10-11-12-13-14-15-25-22-20(23(4,5)6)16-19(18(2)3)17-21(22)24(7,8)9/h16-18H,10-15H2,1-9H3. The van der Waals surface area contributed by atoms with Crippen molar-refractivity contribution in [2.75, 3.05) is 6.61 Å². The van der Waals surface area contributed by atoms with E-state index in [1.165, 1.54) is 42.4 Å². The molecule has 1 heteroatoms. The third kappa shape index (κ3) is 6.68. The molecule has 1 aromatic carbocycles. The summed E-state index contributed by atoms with van der Waals surface area (Å²) >= 11 is 0. The summed E-state index contributed by atoms with van der Waals surface area (Å²) in [4.78, 5) is 0. The molecule has 1 aromatic rings. The second-order valence-corrected chi connectivity index (χ2v) is 9.86. The van der Waals surface area contributed by atoms with E-state index < -0.39 is 0 Å². The molecule has 0 N–H and O–H groups in total. The molecule has 1 nitrogen and oxygen atoms in total. The van der Waals surface area contributed by atoms with Gasteiger partial charge in [0.25, 0.3) is 0 Å². The van der Waals surface area contributed by atoms with E-state index in [2.05, 4.69) is 74.4 Å². The van der Waals surface area contributed by atoms with Gasteiger partial charge in [-0.1, -0.05) is 100 Å². The zero-order chi connectivity index (χ0) is 19.3. The molecule has 25 heavy (non-hydrogen) atoms. The van der Waals surface area contributed by atoms with Gasteiger partial charge in [0.15, 0.2) is 0 Å². The summed E-state index contributed by atoms with van der Waals surface area (Å²) in [7, 11) is 0. The minimum Gasteiger partial charge on any atom is -0.493 e. The van der Waals surface area contributed by atoms with Gasteiger partial charge in [-0.15, -0.1) is 0 Å². The lowest BCUT2D eigenvalue weighted by Gasteiger charge is -2.31. The van der Waals surface area contributed by atoms with Gasteiger partial charge in [0, 0.05) is 11.1 Å². The Bertz CT molecular complexity index is 491. The van der Waals surface area contributed by atoms with Crippen molar-refractivity contribution in [1.82, 2.24) is 0 Å². The first kappa shape index (κ1) is 22.1. The Hall–Kier alpha value is -0.980. The van der Waals surface area contributed by atoms with Crippen LogP contribution in [-0.2, 0) is 10.8 Å². The molecule has 0 saturated heterocycles. The molecule has 0 aliphatic carbocycles. The lowest BCUT2D eigenvalue weighted by Crippen LogP contribution is -2.21. The van der Waals surface area contributed by atoms with E-state index >= 15 is 0 Å². The molecule has 1 rings (SSSR count). The first-order valence-corrected chi connectivity index (χ1v) is 10.3. The third-order valence-corrected chi connectivity index (χ3v) is 4.89. The van der Waals surface area contributed by atoms with Crippen LogP contribution >= 0.6 is 0 Å². The second kappa shape index (κ2) is 9.10. The maximum Gasteiger partial charge on any atom is 0.126 e. The molecule has 0 spiro atoms. The highest BCUT2D eigenvalue weighted by Gasteiger charge is 2.28. The summed E-state index contributed by atoms with van der Waals surface area (Å²) in [6.45, 7) is 21.4. The molecular weight excluding hydrogens is 304 g/mol. The normalized spacial score (nSPS) is 12.7. The molecule has 0 amide bonds. The third-order valence-electron chi connectivity index (χ3n) is 4.89. The van der Waals surface area contributed by atoms with Gasteiger partial charge in [0.05, 0.1) is 6.61 Å². The van der Waals surface area contributed by atoms with Gasteiger partial charge in [-0.2, -0.15) is 0 Å². The maximum absolute atomic E-state index is 6.44. The molecule has 0 unspecified atom stereocenters. The molecule has 0 atom stereocenters. The zero-order valence-corrected chi connectivity index (χ0v) is 18.4. The van der Waals surface area contributed by atoms with Crippen LogP contribution in [0.1, 0.15) is 117 Å². The topological polar surface area (TPSA) is 9.23 Å². The first-order valence-electron chi connectivity index (χ1n) is 10.3. The van der Waals surface area contributed by atoms with E-state index in [9.17, 15) is 0 Å². The number of rotatable bonds is 8. The fourth-order valence-electron chi connectivity index (χ4n) is 3.13. The van der Waals surface area contributed by atoms with Crippen molar-refractivity contribution < 1.29 is 4.74 Å². The van der Waals surface area contributed by atoms with Crippen molar-refractivity contribution in [3.05, 3.63) is 28.8 Å². The van der Waals surface area contributed by atoms with E-state index in [0.29, 0.717) is 5.92 Å². The predicted octanol–water partition coefficient (Wildman–Crippen LogP) is 7.75. The summed E-state index contributed by atoms with van der Waals surface area (Å²) in [5.74, 6) is 1.67. The summed E-state index contributed by atoms with van der Waals surface area (Å²) in [6.07, 6.45) is 6.38. The minimum atomic E-state index is 0.0858. The van der Waals surface area contributed by atoms with E-state index in [-0.39, 0.29) is 10.8 Å². The average Bonchev–Trinajstić information content (AvgIpc) is 2.48. The van der Waals surface area contributed by atoms with Crippen LogP contribution < -0.4 is 4.74 Å². The van der Waals surface area contributed by atoms with Crippen molar-refractivity contribution in [3.63, 3.8) is 0 Å². The Kier molecular flexibility index (Phi) is 8.03. The predicted molar refractivity (Wildman–Crippen MR) is 112 cm³/mol. The highest BCUT2D eigenvalue weighted by atomic mass is 16.5. The maximum atomic E-state index is 6.44. The number of ether oxygens (including phenoxy) is 1. The minimum absolute atomic E-state index is 0.0858. The SMILES string of the molecule is CCCCCCCOc1c(C(C)(C)C)cc(C(C)C)cc1C(C)(C)C. The van der Waals surface area contributed by atoms with E-state index in [1.807, 2.05) is 0 Å². The molecule has 0 heterocycles. The highest BCUT2D eigenvalue weighted by molar-refractivity contribution is 5.51. The first-order chi connectivity index (χ1) is 11.5. The second-order valence-electron chi connectivity index (χ2n) is 9.86. The largest absolute Gasteiger partial charge is 0.493 e. The summed E-state index contributed by atoms with van der Waals surface area (Å²) in [6, 6.07) is 4.76. The lowest BCUT2D eigenvalue weighted by atomic mass is 9.77. The summed E-state index contributed by atoms with van der Waals surface area (Å²) < 4.78 is 6.44. The van der Waals surface area contributed by atoms with Crippen molar-refractivity contribution in [2.45, 2.75) is 111 Å². The molecule has 0 fully saturated rings. The van der Waals surface area contributed by atoms with Gasteiger partial charge < -0.3 is 4.74 Å². The smallest absolute Gasteiger partial charge is 0.126 e. The monoisotopic (exact) mass is 346 g/mol. The number of unbranched alkanes of at least 4 members (excludes halogenated alkanes) is 4. The van der Waals surface area contributed by atoms with Crippen LogP contribution in [0.15, 0.2) is 12.1 Å². The van der Waals surface area contributed by atoms with Crippen LogP contribution in [-0.4, -0.2) is 6.61 Å². The Morgan fingerprint density at radius 3 is 1.68 bits per heavy atom. The van der Waals surface area contributed by atoms with Crippen LogP contribution in [0, 0.1) is 0 Å². The Balaban J connectivity index is 3.18. The molecule has 144 valence electrons. The number of benzene rings is 1. The Morgan fingerprint density at radius 1 is 0.800 bits per heavy atom. The van der Waals surface area contributed by atoms with Crippen molar-refractivity contribution in [1.29, 1.82) is 0 Å². The quantitative estimate of drug-likeness (QED) is 0.437. The van der Waals surface area contributed by atoms with Crippen molar-refractivity contribution in [2.24, 2.45) is 0 Å². The molecule has 0 bridgehead atoms. The number of hydrogen-bond donors (Lipinski definition) is 0. The van der Waals surface area contributed by atoms with Crippen LogP contribution in [0.3, 0.4) is 0 Å². The van der Waals surface area contributed by atoms with Crippen LogP contribution in [0.25, 0.3) is 0 Å². The lowest BCUT2D eigenvalue weighted by molar-refractivity contribution is 0.288. The van der Waals surface area contributed by atoms with Gasteiger partial charge in [-0.25, -0.2) is 0 Å². The number of hydrogen-bond acceptors (Lipinski definition) is 1. The Morgan fingerprint density at radius 2 is 1.28 bits per heavy atom. The molecule has 0 radical (unpaired) electrons. The molecular formula is C24H42O. The zero-order valence-electron chi connectivity index (χ0n) is 18.4. The van der Waals surface area contributed by atoms with Crippen LogP contribution in [0.2, 0.25) is 0 Å². The van der Waals surface area contributed by atoms with Crippen LogP contribution in [0.4, 0.5) is 0 Å². The van der Waals surface area contributed by atoms with E-state index in [1.54, 1.807) is 0 Å². The van der Waals surface area contributed by atoms with Crippen molar-refractivity contribution >= 4 is 0 Å². The van der Waals surface area contributed by atoms with Crippen molar-refractivity contribution in [3.8, 4) is 5.75 Å². The van der Waals surface area contributed by atoms with Gasteiger partial charge in [0.1, 0.15) is 5.75 Å².